The topological polar surface area (TPSA) is 91.8 Å². The van der Waals surface area contributed by atoms with Crippen molar-refractivity contribution >= 4 is 11.4 Å². The van der Waals surface area contributed by atoms with Crippen LogP contribution in [0.15, 0.2) is 33.2 Å². The van der Waals surface area contributed by atoms with E-state index >= 15 is 0 Å². The number of aryl methyl sites for hydroxylation is 1. The molecule has 2 N–H and O–H groups in total. The number of rotatable bonds is 4. The second kappa shape index (κ2) is 5.38. The van der Waals surface area contributed by atoms with Crippen LogP contribution in [0.3, 0.4) is 0 Å². The van der Waals surface area contributed by atoms with E-state index in [1.807, 2.05) is 0 Å². The molecule has 0 fully saturated rings. The lowest BCUT2D eigenvalue weighted by Gasteiger charge is -2.05. The lowest BCUT2D eigenvalue weighted by atomic mass is 10.3. The van der Waals surface area contributed by atoms with Gasteiger partial charge in [-0.05, 0) is 19.1 Å². The average molecular weight is 262 g/mol. The minimum atomic E-state index is -0.311. The fourth-order valence-electron chi connectivity index (χ4n) is 1.53. The summed E-state index contributed by atoms with van der Waals surface area (Å²) in [6.45, 7) is 1.73. The smallest absolute Gasteiger partial charge is 0.291 e. The van der Waals surface area contributed by atoms with Gasteiger partial charge in [0.15, 0.2) is 5.69 Å². The number of aromatic amines is 2. The van der Waals surface area contributed by atoms with Crippen molar-refractivity contribution in [1.29, 1.82) is 0 Å². The van der Waals surface area contributed by atoms with Crippen LogP contribution < -0.4 is 15.0 Å². The monoisotopic (exact) mass is 262 g/mol. The van der Waals surface area contributed by atoms with E-state index in [-0.39, 0.29) is 11.2 Å². The minimum Gasteiger partial charge on any atom is -0.497 e. The first-order chi connectivity index (χ1) is 9.15. The van der Waals surface area contributed by atoms with Gasteiger partial charge in [0, 0.05) is 6.07 Å². The van der Waals surface area contributed by atoms with E-state index in [2.05, 4.69) is 20.4 Å². The van der Waals surface area contributed by atoms with Crippen LogP contribution in [0.25, 0.3) is 0 Å². The van der Waals surface area contributed by atoms with Crippen molar-refractivity contribution in [3.8, 4) is 11.5 Å². The van der Waals surface area contributed by atoms with Gasteiger partial charge in [0.25, 0.3) is 5.56 Å². The molecule has 1 aromatic carbocycles. The van der Waals surface area contributed by atoms with Crippen molar-refractivity contribution in [2.45, 2.75) is 6.92 Å². The zero-order valence-electron chi connectivity index (χ0n) is 10.9. The van der Waals surface area contributed by atoms with Gasteiger partial charge in [0.1, 0.15) is 17.2 Å². The summed E-state index contributed by atoms with van der Waals surface area (Å²) in [7, 11) is 3.10. The van der Waals surface area contributed by atoms with E-state index in [0.29, 0.717) is 22.9 Å². The summed E-state index contributed by atoms with van der Waals surface area (Å²) < 4.78 is 10.3. The number of nitrogens with zero attached hydrogens (tertiary/aromatic N) is 2. The van der Waals surface area contributed by atoms with Crippen molar-refractivity contribution in [3.63, 3.8) is 0 Å². The Kier molecular flexibility index (Phi) is 3.65. The fourth-order valence-corrected chi connectivity index (χ4v) is 1.53. The molecule has 2 rings (SSSR count). The molecule has 0 bridgehead atoms. The molecular formula is C12H14N4O3. The third-order valence-corrected chi connectivity index (χ3v) is 2.58. The van der Waals surface area contributed by atoms with Gasteiger partial charge in [-0.25, -0.2) is 0 Å². The summed E-state index contributed by atoms with van der Waals surface area (Å²) in [5.41, 5.74) is 1.08. The highest BCUT2D eigenvalue weighted by Crippen LogP contribution is 2.32. The molecule has 19 heavy (non-hydrogen) atoms. The third kappa shape index (κ3) is 2.65. The normalized spacial score (nSPS) is 10.9. The molecule has 1 heterocycles. The highest BCUT2D eigenvalue weighted by atomic mass is 16.5. The minimum absolute atomic E-state index is 0.248. The largest absolute Gasteiger partial charge is 0.497 e. The van der Waals surface area contributed by atoms with E-state index in [1.165, 1.54) is 7.11 Å². The van der Waals surface area contributed by atoms with Crippen LogP contribution >= 0.6 is 0 Å². The number of hydrogen-bond donors (Lipinski definition) is 2. The Morgan fingerprint density at radius 2 is 1.89 bits per heavy atom. The third-order valence-electron chi connectivity index (χ3n) is 2.58. The van der Waals surface area contributed by atoms with Gasteiger partial charge in [-0.3, -0.25) is 9.89 Å². The molecule has 0 radical (unpaired) electrons. The second-order valence-electron chi connectivity index (χ2n) is 3.79. The molecular weight excluding hydrogens is 248 g/mol. The Hall–Kier alpha value is -2.57. The number of benzene rings is 1. The van der Waals surface area contributed by atoms with Crippen LogP contribution in [-0.2, 0) is 0 Å². The number of H-pyrrole nitrogens is 2. The molecule has 2 aromatic rings. The van der Waals surface area contributed by atoms with Gasteiger partial charge in [-0.1, -0.05) is 0 Å². The Morgan fingerprint density at radius 1 is 1.11 bits per heavy atom. The Balaban J connectivity index is 2.36. The standard InChI is InChI=1S/C12H14N4O3/c1-7-11(12(17)16-13-7)15-14-9-5-4-8(18-2)6-10(9)19-3/h4-6H,1-3H3,(H2,13,16,17). The first-order valence-electron chi connectivity index (χ1n) is 5.56. The van der Waals surface area contributed by atoms with Crippen LogP contribution in [0.1, 0.15) is 5.69 Å². The van der Waals surface area contributed by atoms with Gasteiger partial charge >= 0.3 is 0 Å². The number of nitrogens with one attached hydrogen (secondary N) is 2. The SMILES string of the molecule is COc1ccc(N=Nc2c(C)[nH][nH]c2=O)c(OC)c1. The number of aromatic nitrogens is 2. The summed E-state index contributed by atoms with van der Waals surface area (Å²) in [4.78, 5) is 11.4. The maximum atomic E-state index is 11.4. The van der Waals surface area contributed by atoms with Crippen molar-refractivity contribution in [2.24, 2.45) is 10.2 Å². The molecule has 1 aromatic heterocycles. The summed E-state index contributed by atoms with van der Waals surface area (Å²) in [6.07, 6.45) is 0. The Bertz CT molecular complexity index is 657. The molecule has 0 aliphatic carbocycles. The molecule has 100 valence electrons. The summed E-state index contributed by atoms with van der Waals surface area (Å²) >= 11 is 0. The molecule has 7 nitrogen and oxygen atoms in total. The summed E-state index contributed by atoms with van der Waals surface area (Å²) in [5.74, 6) is 1.18. The van der Waals surface area contributed by atoms with Crippen LogP contribution in [0, 0.1) is 6.92 Å². The predicted octanol–water partition coefficient (Wildman–Crippen LogP) is 2.44. The zero-order chi connectivity index (χ0) is 13.8. The van der Waals surface area contributed by atoms with Gasteiger partial charge < -0.3 is 14.6 Å². The highest BCUT2D eigenvalue weighted by molar-refractivity contribution is 5.55. The number of ether oxygens (including phenoxy) is 2. The summed E-state index contributed by atoms with van der Waals surface area (Å²) in [6, 6.07) is 5.14. The van der Waals surface area contributed by atoms with E-state index in [9.17, 15) is 4.79 Å². The quantitative estimate of drug-likeness (QED) is 0.829. The molecule has 0 atom stereocenters. The van der Waals surface area contributed by atoms with E-state index in [4.69, 9.17) is 9.47 Å². The molecule has 0 saturated heterocycles. The maximum absolute atomic E-state index is 11.4. The highest BCUT2D eigenvalue weighted by Gasteiger charge is 2.07. The number of methoxy groups -OCH3 is 2. The number of azo groups is 1. The van der Waals surface area contributed by atoms with Crippen molar-refractivity contribution in [2.75, 3.05) is 14.2 Å². The first-order valence-corrected chi connectivity index (χ1v) is 5.56. The van der Waals surface area contributed by atoms with Crippen LogP contribution in [-0.4, -0.2) is 24.4 Å². The summed E-state index contributed by atoms with van der Waals surface area (Å²) in [5, 5.41) is 13.1. The first kappa shape index (κ1) is 12.9. The Morgan fingerprint density at radius 3 is 2.47 bits per heavy atom. The van der Waals surface area contributed by atoms with Crippen molar-refractivity contribution in [3.05, 3.63) is 34.2 Å². The van der Waals surface area contributed by atoms with Crippen LogP contribution in [0.4, 0.5) is 11.4 Å². The maximum Gasteiger partial charge on any atom is 0.291 e. The lowest BCUT2D eigenvalue weighted by molar-refractivity contribution is 0.395. The average Bonchev–Trinajstić information content (AvgIpc) is 2.75. The molecule has 0 aliphatic rings. The second-order valence-corrected chi connectivity index (χ2v) is 3.79. The molecule has 0 amide bonds. The molecule has 0 unspecified atom stereocenters. The predicted molar refractivity (Wildman–Crippen MR) is 69.9 cm³/mol. The van der Waals surface area contributed by atoms with E-state index in [0.717, 1.165) is 0 Å². The van der Waals surface area contributed by atoms with Gasteiger partial charge in [0.2, 0.25) is 0 Å². The van der Waals surface area contributed by atoms with Crippen LogP contribution in [0.5, 0.6) is 11.5 Å². The lowest BCUT2D eigenvalue weighted by Crippen LogP contribution is -1.96. The number of hydrogen-bond acceptors (Lipinski definition) is 5. The van der Waals surface area contributed by atoms with Crippen molar-refractivity contribution in [1.82, 2.24) is 10.2 Å². The molecule has 7 heteroatoms. The van der Waals surface area contributed by atoms with E-state index < -0.39 is 0 Å². The molecule has 0 spiro atoms. The van der Waals surface area contributed by atoms with Gasteiger partial charge in [0.05, 0.1) is 19.9 Å². The Labute approximate surface area is 109 Å². The molecule has 0 aliphatic heterocycles. The fraction of sp³-hybridized carbons (Fsp3) is 0.250. The van der Waals surface area contributed by atoms with Gasteiger partial charge in [-0.2, -0.15) is 0 Å². The van der Waals surface area contributed by atoms with Crippen molar-refractivity contribution < 1.29 is 9.47 Å². The van der Waals surface area contributed by atoms with Crippen LogP contribution in [0.2, 0.25) is 0 Å². The molecule has 0 saturated carbocycles. The van der Waals surface area contributed by atoms with Gasteiger partial charge in [-0.15, -0.1) is 10.2 Å². The van der Waals surface area contributed by atoms with E-state index in [1.54, 1.807) is 32.2 Å². The zero-order valence-corrected chi connectivity index (χ0v) is 10.9.